The number of nitrogens with zero attached hydrogens (tertiary/aromatic N) is 1. The molecule has 1 N–H and O–H groups in total. The highest BCUT2D eigenvalue weighted by Gasteiger charge is 2.28. The molecular weight excluding hydrogens is 256 g/mol. The molecule has 4 heteroatoms. The zero-order valence-corrected chi connectivity index (χ0v) is 13.3. The first-order chi connectivity index (χ1) is 9.02. The Morgan fingerprint density at radius 3 is 2.84 bits per heavy atom. The largest absolute Gasteiger partial charge is 0.381 e. The topological polar surface area (TPSA) is 34.2 Å². The predicted molar refractivity (Wildman–Crippen MR) is 80.8 cm³/mol. The van der Waals surface area contributed by atoms with Crippen LogP contribution in [0, 0.1) is 5.92 Å². The molecule has 0 bridgehead atoms. The highest BCUT2D eigenvalue weighted by molar-refractivity contribution is 7.09. The van der Waals surface area contributed by atoms with E-state index in [1.54, 1.807) is 11.3 Å². The molecule has 1 aromatic heterocycles. The van der Waals surface area contributed by atoms with Crippen molar-refractivity contribution in [1.29, 1.82) is 0 Å². The molecule has 2 unspecified atom stereocenters. The summed E-state index contributed by atoms with van der Waals surface area (Å²) in [7, 11) is 0. The second kappa shape index (κ2) is 6.33. The van der Waals surface area contributed by atoms with E-state index in [1.165, 1.54) is 23.5 Å². The van der Waals surface area contributed by atoms with Crippen molar-refractivity contribution >= 4 is 11.3 Å². The Hall–Kier alpha value is -0.450. The Labute approximate surface area is 120 Å². The van der Waals surface area contributed by atoms with Gasteiger partial charge in [-0.15, -0.1) is 11.3 Å². The highest BCUT2D eigenvalue weighted by atomic mass is 32.1. The van der Waals surface area contributed by atoms with Gasteiger partial charge in [0.25, 0.3) is 0 Å². The molecule has 0 amide bonds. The van der Waals surface area contributed by atoms with Crippen molar-refractivity contribution in [2.45, 2.75) is 52.0 Å². The minimum absolute atomic E-state index is 0.134. The van der Waals surface area contributed by atoms with Crippen molar-refractivity contribution in [2.24, 2.45) is 5.92 Å². The monoisotopic (exact) mass is 282 g/mol. The summed E-state index contributed by atoms with van der Waals surface area (Å²) in [6.07, 6.45) is 2.41. The summed E-state index contributed by atoms with van der Waals surface area (Å²) in [5.74, 6) is 0.563. The van der Waals surface area contributed by atoms with Gasteiger partial charge >= 0.3 is 0 Å². The molecule has 1 aromatic rings. The van der Waals surface area contributed by atoms with Gasteiger partial charge in [-0.3, -0.25) is 0 Å². The van der Waals surface area contributed by atoms with E-state index in [-0.39, 0.29) is 5.41 Å². The van der Waals surface area contributed by atoms with Gasteiger partial charge in [0.15, 0.2) is 0 Å². The maximum atomic E-state index is 5.64. The molecule has 3 nitrogen and oxygen atoms in total. The standard InChI is InChI=1S/C15H26N2OS/c1-5-16-13(11-7-6-8-18-9-11)14-17-12(10-19-14)15(2,3)4/h10-11,13,16H,5-9H2,1-4H3. The number of rotatable bonds is 4. The molecule has 0 saturated carbocycles. The third kappa shape index (κ3) is 3.77. The molecule has 108 valence electrons. The minimum atomic E-state index is 0.134. The number of hydrogen-bond acceptors (Lipinski definition) is 4. The lowest BCUT2D eigenvalue weighted by atomic mass is 9.92. The molecule has 2 heterocycles. The average molecular weight is 282 g/mol. The Morgan fingerprint density at radius 1 is 1.53 bits per heavy atom. The lowest BCUT2D eigenvalue weighted by molar-refractivity contribution is 0.0392. The maximum Gasteiger partial charge on any atom is 0.110 e. The number of hydrogen-bond donors (Lipinski definition) is 1. The maximum absolute atomic E-state index is 5.64. The van der Waals surface area contributed by atoms with Crippen LogP contribution < -0.4 is 5.32 Å². The second-order valence-electron chi connectivity index (χ2n) is 6.33. The molecule has 1 saturated heterocycles. The predicted octanol–water partition coefficient (Wildman–Crippen LogP) is 3.52. The van der Waals surface area contributed by atoms with Crippen LogP contribution in [0.5, 0.6) is 0 Å². The van der Waals surface area contributed by atoms with Gasteiger partial charge < -0.3 is 10.1 Å². The smallest absolute Gasteiger partial charge is 0.110 e. The molecule has 1 aliphatic heterocycles. The fraction of sp³-hybridized carbons (Fsp3) is 0.800. The summed E-state index contributed by atoms with van der Waals surface area (Å²) in [5.41, 5.74) is 1.33. The van der Waals surface area contributed by atoms with Crippen LogP contribution in [0.4, 0.5) is 0 Å². The van der Waals surface area contributed by atoms with E-state index >= 15 is 0 Å². The van der Waals surface area contributed by atoms with Crippen molar-refractivity contribution in [3.8, 4) is 0 Å². The summed E-state index contributed by atoms with van der Waals surface area (Å²) >= 11 is 1.79. The van der Waals surface area contributed by atoms with Gasteiger partial charge in [-0.25, -0.2) is 4.98 Å². The van der Waals surface area contributed by atoms with E-state index in [0.29, 0.717) is 12.0 Å². The zero-order valence-electron chi connectivity index (χ0n) is 12.5. The van der Waals surface area contributed by atoms with Crippen LogP contribution in [0.25, 0.3) is 0 Å². The fourth-order valence-corrected chi connectivity index (χ4v) is 3.69. The molecule has 1 fully saturated rings. The van der Waals surface area contributed by atoms with Gasteiger partial charge in [-0.2, -0.15) is 0 Å². The molecule has 0 radical (unpaired) electrons. The van der Waals surface area contributed by atoms with E-state index in [1.807, 2.05) is 0 Å². The van der Waals surface area contributed by atoms with E-state index in [9.17, 15) is 0 Å². The normalized spacial score (nSPS) is 22.4. The third-order valence-electron chi connectivity index (χ3n) is 3.65. The number of thiazole rings is 1. The van der Waals surface area contributed by atoms with Gasteiger partial charge in [0, 0.05) is 23.3 Å². The summed E-state index contributed by atoms with van der Waals surface area (Å²) in [6, 6.07) is 0.353. The van der Waals surface area contributed by atoms with Gasteiger partial charge in [0.1, 0.15) is 5.01 Å². The van der Waals surface area contributed by atoms with Gasteiger partial charge in [-0.05, 0) is 19.4 Å². The lowest BCUT2D eigenvalue weighted by Gasteiger charge is -2.29. The van der Waals surface area contributed by atoms with Crippen LogP contribution in [-0.4, -0.2) is 24.7 Å². The SMILES string of the molecule is CCNC(c1nc(C(C)(C)C)cs1)C1CCCOC1. The Balaban J connectivity index is 2.16. The third-order valence-corrected chi connectivity index (χ3v) is 4.58. The van der Waals surface area contributed by atoms with Gasteiger partial charge in [0.2, 0.25) is 0 Å². The molecule has 2 rings (SSSR count). The van der Waals surface area contributed by atoms with Crippen molar-refractivity contribution in [2.75, 3.05) is 19.8 Å². The number of nitrogens with one attached hydrogen (secondary N) is 1. The average Bonchev–Trinajstić information content (AvgIpc) is 2.86. The molecular formula is C15H26N2OS. The molecule has 0 aromatic carbocycles. The first-order valence-electron chi connectivity index (χ1n) is 7.29. The summed E-state index contributed by atoms with van der Waals surface area (Å²) in [5, 5.41) is 7.04. The van der Waals surface area contributed by atoms with Crippen LogP contribution in [0.2, 0.25) is 0 Å². The first-order valence-corrected chi connectivity index (χ1v) is 8.17. The van der Waals surface area contributed by atoms with Crippen molar-refractivity contribution < 1.29 is 4.74 Å². The first kappa shape index (κ1) is 14.9. The number of aromatic nitrogens is 1. The van der Waals surface area contributed by atoms with E-state index in [4.69, 9.17) is 9.72 Å². The molecule has 19 heavy (non-hydrogen) atoms. The summed E-state index contributed by atoms with van der Waals surface area (Å²) in [4.78, 5) is 4.88. The quantitative estimate of drug-likeness (QED) is 0.917. The van der Waals surface area contributed by atoms with Crippen molar-refractivity contribution in [3.63, 3.8) is 0 Å². The van der Waals surface area contributed by atoms with Crippen molar-refractivity contribution in [3.05, 3.63) is 16.1 Å². The zero-order chi connectivity index (χ0) is 13.9. The van der Waals surface area contributed by atoms with Crippen LogP contribution in [0.1, 0.15) is 57.3 Å². The second-order valence-corrected chi connectivity index (χ2v) is 7.22. The molecule has 0 aliphatic carbocycles. The van der Waals surface area contributed by atoms with Gasteiger partial charge in [0.05, 0.1) is 18.3 Å². The fourth-order valence-electron chi connectivity index (χ4n) is 2.48. The van der Waals surface area contributed by atoms with Crippen LogP contribution in [-0.2, 0) is 10.2 Å². The summed E-state index contributed by atoms with van der Waals surface area (Å²) < 4.78 is 5.64. The van der Waals surface area contributed by atoms with Crippen LogP contribution in [0.15, 0.2) is 5.38 Å². The molecule has 0 spiro atoms. The van der Waals surface area contributed by atoms with Crippen molar-refractivity contribution in [1.82, 2.24) is 10.3 Å². The summed E-state index contributed by atoms with van der Waals surface area (Å²) in [6.45, 7) is 11.6. The van der Waals surface area contributed by atoms with Gasteiger partial charge in [-0.1, -0.05) is 27.7 Å². The Bertz CT molecular complexity index is 391. The van der Waals surface area contributed by atoms with E-state index in [0.717, 1.165) is 19.8 Å². The Kier molecular flexibility index (Phi) is 4.98. The number of ether oxygens (including phenoxy) is 1. The lowest BCUT2D eigenvalue weighted by Crippen LogP contribution is -2.33. The van der Waals surface area contributed by atoms with E-state index < -0.39 is 0 Å². The molecule has 2 atom stereocenters. The minimum Gasteiger partial charge on any atom is -0.381 e. The van der Waals surface area contributed by atoms with E-state index in [2.05, 4.69) is 38.4 Å². The van der Waals surface area contributed by atoms with Crippen LogP contribution >= 0.6 is 11.3 Å². The highest BCUT2D eigenvalue weighted by Crippen LogP contribution is 2.33. The van der Waals surface area contributed by atoms with Crippen LogP contribution in [0.3, 0.4) is 0 Å². The Morgan fingerprint density at radius 2 is 2.32 bits per heavy atom. The molecule has 1 aliphatic rings.